The van der Waals surface area contributed by atoms with Gasteiger partial charge in [0.2, 0.25) is 16.9 Å². The van der Waals surface area contributed by atoms with Gasteiger partial charge in [0, 0.05) is 42.5 Å². The van der Waals surface area contributed by atoms with Crippen LogP contribution in [0.25, 0.3) is 11.2 Å². The van der Waals surface area contributed by atoms with Gasteiger partial charge >= 0.3 is 0 Å². The number of aliphatic hydroxyl groups excluding tert-OH is 2. The van der Waals surface area contributed by atoms with Crippen molar-refractivity contribution in [2.75, 3.05) is 37.8 Å². The number of thioether (sulfide) groups is 1. The van der Waals surface area contributed by atoms with Gasteiger partial charge in [0.05, 0.1) is 32.8 Å². The average Bonchev–Trinajstić information content (AvgIpc) is 3.93. The Hall–Kier alpha value is -3.36. The summed E-state index contributed by atoms with van der Waals surface area (Å²) in [5, 5.41) is 26.2. The van der Waals surface area contributed by atoms with E-state index >= 15 is 0 Å². The van der Waals surface area contributed by atoms with Crippen molar-refractivity contribution in [2.45, 2.75) is 110 Å². The summed E-state index contributed by atoms with van der Waals surface area (Å²) in [6.07, 6.45) is -1.95. The SMILES string of the molecule is CC(=O)[C@@]1(C)/C(=C/C(=O)SCCNC(=O)CCNC(=O)[C@H](O)C(C)(C)COP(=O)([O-])OP(=O)([O-])OC[C@H]2O[C@@H](n3cnc4c(N)ncnc43)[C@H](O)[C@@H]2OP(=O)([O-])[O-])CC[C@@H]2[C@@H]1CC[C@]1(C)C(=O)CC[C@@H]21. The van der Waals surface area contributed by atoms with Gasteiger partial charge in [0.1, 0.15) is 47.8 Å². The molecule has 0 aromatic carbocycles. The first-order valence-electron chi connectivity index (χ1n) is 22.2. The number of aliphatic hydroxyl groups is 2. The van der Waals surface area contributed by atoms with E-state index in [1.165, 1.54) is 13.8 Å². The van der Waals surface area contributed by atoms with Crippen molar-refractivity contribution < 1.29 is 90.1 Å². The van der Waals surface area contributed by atoms with E-state index in [1.54, 1.807) is 13.0 Å². The normalized spacial score (nSPS) is 30.8. The average molecular weight is 1060 g/mol. The number of nitrogens with zero attached hydrogens (tertiary/aromatic N) is 4. The number of fused-ring (bicyclic) bond motifs is 4. The number of ether oxygens (including phenoxy) is 1. The molecule has 2 amide bonds. The summed E-state index contributed by atoms with van der Waals surface area (Å²) in [6.45, 7) is 5.43. The zero-order chi connectivity index (χ0) is 51.8. The highest BCUT2D eigenvalue weighted by Gasteiger charge is 2.60. The maximum absolute atomic E-state index is 13.2. The van der Waals surface area contributed by atoms with Crippen molar-refractivity contribution in [3.63, 3.8) is 0 Å². The van der Waals surface area contributed by atoms with E-state index in [0.717, 1.165) is 60.2 Å². The third-order valence-electron chi connectivity index (χ3n) is 14.0. The van der Waals surface area contributed by atoms with Crippen LogP contribution in [0.15, 0.2) is 24.3 Å². The molecule has 3 heterocycles. The monoisotopic (exact) mass is 1060 g/mol. The van der Waals surface area contributed by atoms with Crippen LogP contribution in [0, 0.1) is 34.0 Å². The zero-order valence-electron chi connectivity index (χ0n) is 38.8. The number of anilines is 1. The second-order valence-corrected chi connectivity index (χ2v) is 24.1. The molecule has 2 aromatic rings. The highest BCUT2D eigenvalue weighted by molar-refractivity contribution is 8.14. The highest BCUT2D eigenvalue weighted by Crippen LogP contribution is 2.63. The third kappa shape index (κ3) is 12.5. The van der Waals surface area contributed by atoms with E-state index in [0.29, 0.717) is 18.6 Å². The Balaban J connectivity index is 0.910. The van der Waals surface area contributed by atoms with Gasteiger partial charge in [-0.05, 0) is 69.8 Å². The van der Waals surface area contributed by atoms with Crippen LogP contribution in [0.5, 0.6) is 0 Å². The van der Waals surface area contributed by atoms with E-state index in [2.05, 4.69) is 50.4 Å². The molecule has 0 radical (unpaired) electrons. The zero-order valence-corrected chi connectivity index (χ0v) is 42.3. The molecule has 0 spiro atoms. The molecule has 0 bridgehead atoms. The van der Waals surface area contributed by atoms with E-state index in [-0.39, 0.29) is 76.3 Å². The molecular formula is C40H56N7O19P3S-4. The molecule has 6 N–H and O–H groups in total. The van der Waals surface area contributed by atoms with Crippen LogP contribution in [0.4, 0.5) is 5.82 Å². The van der Waals surface area contributed by atoms with Crippen LogP contribution < -0.4 is 35.9 Å². The molecule has 4 fully saturated rings. The van der Waals surface area contributed by atoms with Crippen LogP contribution in [-0.2, 0) is 60.3 Å². The standard InChI is InChI=1S/C40H60N7O19P3S/c1-21(48)40(5)22(6-7-23-24-8-9-27(49)39(24,4)12-10-25(23)40)16-29(51)70-15-14-42-28(50)11-13-43-36(54)33(53)38(2,3)18-63-69(60,61)66-68(58,59)62-17-26-32(65-67(55,56)57)31(52)37(64-26)47-20-46-30-34(41)44-19-45-35(30)47/h16,19-20,23-26,31-33,37,52-53H,6-15,17-18H2,1-5H3,(H,42,50)(H,43,54)(H,58,59)(H,60,61)(H2,41,44,45)(H2,55,56,57)/p-4/b22-16+/t23-,24-,25-,26+,31+,32+,33-,37+,39-,40-/m0/s1. The Morgan fingerprint density at radius 2 is 1.73 bits per heavy atom. The molecule has 6 rings (SSSR count). The van der Waals surface area contributed by atoms with Crippen LogP contribution >= 0.6 is 35.2 Å². The number of aromatic nitrogens is 4. The second-order valence-electron chi connectivity index (χ2n) is 18.9. The third-order valence-corrected chi connectivity index (χ3v) is 17.9. The van der Waals surface area contributed by atoms with Gasteiger partial charge in [0.15, 0.2) is 17.7 Å². The van der Waals surface area contributed by atoms with Crippen LogP contribution in [0.2, 0.25) is 0 Å². The first-order chi connectivity index (χ1) is 32.5. The number of rotatable bonds is 21. The lowest BCUT2D eigenvalue weighted by Crippen LogP contribution is -2.52. The summed E-state index contributed by atoms with van der Waals surface area (Å²) in [6, 6.07) is 0. The van der Waals surface area contributed by atoms with E-state index in [9.17, 15) is 67.5 Å². The quantitative estimate of drug-likeness (QED) is 0.0595. The fourth-order valence-corrected chi connectivity index (χ4v) is 13.5. The molecule has 1 saturated heterocycles. The number of ketones is 2. The Labute approximate surface area is 406 Å². The Morgan fingerprint density at radius 1 is 1.03 bits per heavy atom. The summed E-state index contributed by atoms with van der Waals surface area (Å²) in [5.41, 5.74) is 3.66. The molecule has 1 aliphatic heterocycles. The molecule has 3 saturated carbocycles. The summed E-state index contributed by atoms with van der Waals surface area (Å²) in [4.78, 5) is 124. The van der Waals surface area contributed by atoms with E-state index < -0.39 is 90.0 Å². The first kappa shape index (κ1) is 55.9. The number of Topliss-reactive ketones (excluding diaryl/α,β-unsaturated/α-hetero) is 2. The van der Waals surface area contributed by atoms with Crippen molar-refractivity contribution in [1.82, 2.24) is 30.2 Å². The fraction of sp³-hybridized carbons (Fsp3) is 0.700. The number of allylic oxidation sites excluding steroid dienone is 1. The number of carbonyl (C=O) groups is 5. The Morgan fingerprint density at radius 3 is 2.41 bits per heavy atom. The smallest absolute Gasteiger partial charge is 0.274 e. The van der Waals surface area contributed by atoms with Gasteiger partial charge in [-0.25, -0.2) is 19.3 Å². The minimum absolute atomic E-state index is 0.00669. The van der Waals surface area contributed by atoms with Gasteiger partial charge in [-0.15, -0.1) is 0 Å². The maximum atomic E-state index is 13.2. The lowest BCUT2D eigenvalue weighted by Gasteiger charge is -2.55. The molecule has 2 unspecified atom stereocenters. The topological polar surface area (TPSA) is 409 Å². The first-order valence-corrected chi connectivity index (χ1v) is 27.6. The number of amides is 2. The number of nitrogens with one attached hydrogen (secondary N) is 2. The molecule has 2 aromatic heterocycles. The lowest BCUT2D eigenvalue weighted by atomic mass is 9.48. The summed E-state index contributed by atoms with van der Waals surface area (Å²) >= 11 is 0.977. The number of hydrogen-bond donors (Lipinski definition) is 5. The number of carbonyl (C=O) groups excluding carboxylic acids is 5. The van der Waals surface area contributed by atoms with Crippen LogP contribution in [0.3, 0.4) is 0 Å². The number of phosphoric acid groups is 3. The van der Waals surface area contributed by atoms with Gasteiger partial charge in [-0.3, -0.25) is 37.7 Å². The fourth-order valence-electron chi connectivity index (χ4n) is 10.2. The molecule has 26 nitrogen and oxygen atoms in total. The molecule has 30 heteroatoms. The summed E-state index contributed by atoms with van der Waals surface area (Å²) in [7, 11) is -17.7. The Bertz CT molecular complexity index is 2530. The van der Waals surface area contributed by atoms with Gasteiger partial charge in [0.25, 0.3) is 15.6 Å². The van der Waals surface area contributed by atoms with Crippen molar-refractivity contribution in [3.05, 3.63) is 24.3 Å². The maximum Gasteiger partial charge on any atom is 0.274 e. The highest BCUT2D eigenvalue weighted by atomic mass is 32.2. The number of phosphoric ester groups is 3. The van der Waals surface area contributed by atoms with Gasteiger partial charge < -0.3 is 69.0 Å². The Kier molecular flexibility index (Phi) is 17.3. The summed E-state index contributed by atoms with van der Waals surface area (Å²) in [5.74, 6) is -0.613. The van der Waals surface area contributed by atoms with Crippen LogP contribution in [-0.4, -0.2) is 115 Å². The van der Waals surface area contributed by atoms with Crippen molar-refractivity contribution in [2.24, 2.45) is 34.0 Å². The minimum Gasteiger partial charge on any atom is -0.790 e. The minimum atomic E-state index is -5.95. The lowest BCUT2D eigenvalue weighted by molar-refractivity contribution is -0.347. The predicted molar refractivity (Wildman–Crippen MR) is 236 cm³/mol. The van der Waals surface area contributed by atoms with Gasteiger partial charge in [-0.1, -0.05) is 38.1 Å². The van der Waals surface area contributed by atoms with Crippen molar-refractivity contribution in [3.8, 4) is 0 Å². The molecular weight excluding hydrogens is 1010 g/mol. The number of nitrogen functional groups attached to an aromatic ring is 1. The predicted octanol–water partition coefficient (Wildman–Crippen LogP) is -0.536. The van der Waals surface area contributed by atoms with Gasteiger partial charge in [-0.2, -0.15) is 0 Å². The summed E-state index contributed by atoms with van der Waals surface area (Å²) < 4.78 is 61.0. The number of nitrogens with two attached hydrogens (primary N) is 1. The van der Waals surface area contributed by atoms with Crippen molar-refractivity contribution in [1.29, 1.82) is 0 Å². The molecule has 12 atom stereocenters. The molecule has 70 heavy (non-hydrogen) atoms. The molecule has 3 aliphatic carbocycles. The molecule has 390 valence electrons. The second kappa shape index (κ2) is 21.6. The largest absolute Gasteiger partial charge is 0.790 e. The van der Waals surface area contributed by atoms with Crippen molar-refractivity contribution >= 4 is 80.7 Å². The van der Waals surface area contributed by atoms with E-state index in [4.69, 9.17) is 10.5 Å². The number of imidazole rings is 1. The number of hydrogen-bond acceptors (Lipinski definition) is 24. The van der Waals surface area contributed by atoms with Crippen LogP contribution in [0.1, 0.15) is 85.8 Å². The van der Waals surface area contributed by atoms with E-state index in [1.807, 2.05) is 6.92 Å². The molecule has 4 aliphatic rings.